The van der Waals surface area contributed by atoms with Gasteiger partial charge in [-0.3, -0.25) is 4.79 Å². The Morgan fingerprint density at radius 3 is 2.85 bits per heavy atom. The molecule has 0 N–H and O–H groups in total. The Kier molecular flexibility index (Phi) is 3.45. The van der Waals surface area contributed by atoms with Crippen molar-refractivity contribution >= 4 is 5.78 Å². The molecule has 20 heavy (non-hydrogen) atoms. The quantitative estimate of drug-likeness (QED) is 0.569. The zero-order valence-corrected chi connectivity index (χ0v) is 13.0. The monoisotopic (exact) mass is 274 g/mol. The van der Waals surface area contributed by atoms with E-state index >= 15 is 0 Å². The van der Waals surface area contributed by atoms with Crippen LogP contribution in [-0.4, -0.2) is 18.0 Å². The molecule has 3 aliphatic rings. The highest BCUT2D eigenvalue weighted by atomic mass is 16.6. The van der Waals surface area contributed by atoms with E-state index in [-0.39, 0.29) is 11.0 Å². The molecule has 1 saturated heterocycles. The molecule has 2 heteroatoms. The molecule has 2 nitrogen and oxygen atoms in total. The van der Waals surface area contributed by atoms with E-state index in [1.807, 2.05) is 0 Å². The van der Waals surface area contributed by atoms with Gasteiger partial charge in [0.2, 0.25) is 0 Å². The zero-order valence-electron chi connectivity index (χ0n) is 13.0. The third-order valence-corrected chi connectivity index (χ3v) is 5.98. The first-order valence-corrected chi connectivity index (χ1v) is 8.11. The summed E-state index contributed by atoms with van der Waals surface area (Å²) in [7, 11) is 0. The Labute approximate surface area is 122 Å². The minimum absolute atomic E-state index is 0.150. The van der Waals surface area contributed by atoms with Gasteiger partial charge in [-0.1, -0.05) is 25.7 Å². The standard InChI is InChI=1S/C18H26O2/c1-13(6-4-10-17(2)12-20-17)14-8-9-15-16(19)7-5-11-18(14,15)3/h13-15H,5-9,11-12H2,1-3H3/t13-,14-,15-,17?,18-/m1/s1. The van der Waals surface area contributed by atoms with Crippen molar-refractivity contribution in [3.8, 4) is 11.8 Å². The molecular formula is C18H26O2. The Hall–Kier alpha value is -0.810. The van der Waals surface area contributed by atoms with Gasteiger partial charge in [-0.2, -0.15) is 0 Å². The summed E-state index contributed by atoms with van der Waals surface area (Å²) in [5.41, 5.74) is 0.0963. The molecule has 2 aliphatic carbocycles. The van der Waals surface area contributed by atoms with Crippen molar-refractivity contribution in [2.24, 2.45) is 23.2 Å². The van der Waals surface area contributed by atoms with Crippen molar-refractivity contribution in [3.63, 3.8) is 0 Å². The van der Waals surface area contributed by atoms with Gasteiger partial charge in [-0.15, -0.1) is 0 Å². The summed E-state index contributed by atoms with van der Waals surface area (Å²) in [5, 5.41) is 0. The van der Waals surface area contributed by atoms with Crippen LogP contribution in [0.2, 0.25) is 0 Å². The van der Waals surface area contributed by atoms with E-state index in [1.165, 1.54) is 12.8 Å². The van der Waals surface area contributed by atoms with Crippen LogP contribution in [0.25, 0.3) is 0 Å². The first kappa shape index (κ1) is 14.1. The summed E-state index contributed by atoms with van der Waals surface area (Å²) >= 11 is 0. The maximum absolute atomic E-state index is 12.2. The van der Waals surface area contributed by atoms with Gasteiger partial charge in [-0.25, -0.2) is 0 Å². The molecule has 1 heterocycles. The third kappa shape index (κ3) is 2.42. The lowest BCUT2D eigenvalue weighted by molar-refractivity contribution is -0.130. The van der Waals surface area contributed by atoms with Crippen molar-refractivity contribution in [1.82, 2.24) is 0 Å². The Morgan fingerprint density at radius 2 is 2.15 bits per heavy atom. The largest absolute Gasteiger partial charge is 0.356 e. The second kappa shape index (κ2) is 4.88. The van der Waals surface area contributed by atoms with Crippen LogP contribution in [0.1, 0.15) is 59.3 Å². The van der Waals surface area contributed by atoms with Crippen LogP contribution in [0, 0.1) is 35.0 Å². The van der Waals surface area contributed by atoms with Crippen LogP contribution in [-0.2, 0) is 9.53 Å². The molecule has 2 saturated carbocycles. The Morgan fingerprint density at radius 1 is 1.40 bits per heavy atom. The smallest absolute Gasteiger partial charge is 0.149 e. The first-order valence-electron chi connectivity index (χ1n) is 8.11. The van der Waals surface area contributed by atoms with E-state index in [9.17, 15) is 4.79 Å². The van der Waals surface area contributed by atoms with Gasteiger partial charge < -0.3 is 4.74 Å². The molecule has 0 radical (unpaired) electrons. The lowest BCUT2D eigenvalue weighted by Gasteiger charge is -2.42. The maximum atomic E-state index is 12.2. The molecule has 0 aromatic carbocycles. The van der Waals surface area contributed by atoms with Crippen molar-refractivity contribution in [3.05, 3.63) is 0 Å². The zero-order chi connectivity index (χ0) is 14.4. The van der Waals surface area contributed by atoms with E-state index < -0.39 is 0 Å². The number of fused-ring (bicyclic) bond motifs is 1. The second-order valence-corrected chi connectivity index (χ2v) is 7.56. The van der Waals surface area contributed by atoms with E-state index in [0.29, 0.717) is 23.5 Å². The highest BCUT2D eigenvalue weighted by Crippen LogP contribution is 2.56. The number of ether oxygens (including phenoxy) is 1. The summed E-state index contributed by atoms with van der Waals surface area (Å²) in [6.07, 6.45) is 6.40. The van der Waals surface area contributed by atoms with Gasteiger partial charge >= 0.3 is 0 Å². The summed E-state index contributed by atoms with van der Waals surface area (Å²) in [6, 6.07) is 0. The second-order valence-electron chi connectivity index (χ2n) is 7.56. The third-order valence-electron chi connectivity index (χ3n) is 5.98. The van der Waals surface area contributed by atoms with Crippen LogP contribution < -0.4 is 0 Å². The van der Waals surface area contributed by atoms with Gasteiger partial charge in [0.15, 0.2) is 0 Å². The molecular weight excluding hydrogens is 248 g/mol. The molecule has 110 valence electrons. The van der Waals surface area contributed by atoms with Crippen molar-refractivity contribution in [1.29, 1.82) is 0 Å². The van der Waals surface area contributed by atoms with Crippen molar-refractivity contribution in [2.75, 3.05) is 6.61 Å². The minimum Gasteiger partial charge on any atom is -0.356 e. The number of carbonyl (C=O) groups is 1. The molecule has 3 rings (SSSR count). The van der Waals surface area contributed by atoms with Crippen LogP contribution in [0.3, 0.4) is 0 Å². The summed E-state index contributed by atoms with van der Waals surface area (Å²) in [4.78, 5) is 12.2. The van der Waals surface area contributed by atoms with E-state index in [0.717, 1.165) is 32.3 Å². The topological polar surface area (TPSA) is 29.6 Å². The van der Waals surface area contributed by atoms with Crippen LogP contribution in [0.5, 0.6) is 0 Å². The van der Waals surface area contributed by atoms with E-state index in [1.54, 1.807) is 0 Å². The fourth-order valence-corrected chi connectivity index (χ4v) is 4.63. The number of ketones is 1. The molecule has 5 atom stereocenters. The molecule has 1 aliphatic heterocycles. The van der Waals surface area contributed by atoms with Gasteiger partial charge in [0.05, 0.1) is 6.61 Å². The summed E-state index contributed by atoms with van der Waals surface area (Å²) in [6.45, 7) is 7.52. The molecule has 0 spiro atoms. The minimum atomic E-state index is -0.150. The van der Waals surface area contributed by atoms with Crippen LogP contribution in [0.15, 0.2) is 0 Å². The molecule has 3 fully saturated rings. The highest BCUT2D eigenvalue weighted by Gasteiger charge is 2.52. The van der Waals surface area contributed by atoms with Gasteiger partial charge in [0, 0.05) is 18.8 Å². The fraction of sp³-hybridized carbons (Fsp3) is 0.833. The average molecular weight is 274 g/mol. The molecule has 0 aromatic rings. The van der Waals surface area contributed by atoms with Crippen molar-refractivity contribution < 1.29 is 9.53 Å². The predicted molar refractivity (Wildman–Crippen MR) is 79.1 cm³/mol. The average Bonchev–Trinajstić information content (AvgIpc) is 2.99. The number of Topliss-reactive ketones (excluding diaryl/α,β-unsaturated/α-hetero) is 1. The molecule has 0 bridgehead atoms. The lowest BCUT2D eigenvalue weighted by Crippen LogP contribution is -2.39. The fourth-order valence-electron chi connectivity index (χ4n) is 4.63. The number of epoxide rings is 1. The van der Waals surface area contributed by atoms with Gasteiger partial charge in [0.1, 0.15) is 11.4 Å². The number of rotatable bonds is 2. The molecule has 0 amide bonds. The number of hydrogen-bond donors (Lipinski definition) is 0. The molecule has 1 unspecified atom stereocenters. The van der Waals surface area contributed by atoms with E-state index in [2.05, 4.69) is 32.6 Å². The van der Waals surface area contributed by atoms with Crippen molar-refractivity contribution in [2.45, 2.75) is 64.9 Å². The number of hydrogen-bond acceptors (Lipinski definition) is 2. The van der Waals surface area contributed by atoms with E-state index in [4.69, 9.17) is 4.74 Å². The number of carbonyl (C=O) groups excluding carboxylic acids is 1. The summed E-state index contributed by atoms with van der Waals surface area (Å²) < 4.78 is 5.30. The highest BCUT2D eigenvalue weighted by molar-refractivity contribution is 5.83. The normalized spacial score (nSPS) is 44.5. The van der Waals surface area contributed by atoms with Gasteiger partial charge in [-0.05, 0) is 49.9 Å². The Bertz CT molecular complexity index is 466. The molecule has 0 aromatic heterocycles. The predicted octanol–water partition coefficient (Wildman–Crippen LogP) is 3.59. The summed E-state index contributed by atoms with van der Waals surface area (Å²) in [5.74, 6) is 8.68. The maximum Gasteiger partial charge on any atom is 0.149 e. The lowest BCUT2D eigenvalue weighted by atomic mass is 9.62. The SMILES string of the molecule is C[C@H](CC#CC1(C)CO1)[C@H]1CC[C@@H]2C(=O)CCC[C@@]21C. The van der Waals surface area contributed by atoms with Crippen LogP contribution >= 0.6 is 0 Å². The first-order chi connectivity index (χ1) is 9.45. The van der Waals surface area contributed by atoms with Crippen LogP contribution in [0.4, 0.5) is 0 Å². The van der Waals surface area contributed by atoms with Gasteiger partial charge in [0.25, 0.3) is 0 Å². The Balaban J connectivity index is 1.66.